The summed E-state index contributed by atoms with van der Waals surface area (Å²) in [4.78, 5) is 12.6. The molecule has 0 aliphatic heterocycles. The van der Waals surface area contributed by atoms with Crippen molar-refractivity contribution < 1.29 is 22.7 Å². The van der Waals surface area contributed by atoms with Crippen LogP contribution in [-0.2, 0) is 14.8 Å². The normalized spacial score (nSPS) is 12.4. The standard InChI is InChI=1S/C21H22N2O5S/c1-14(21(24)22-19-11-9-17(27-2)13-20(19)28-3)23-29(25,26)18-10-8-15-6-4-5-7-16(15)12-18/h4-14,23H,1-3H3,(H,22,24)/t14-/m0/s1. The first-order valence-corrected chi connectivity index (χ1v) is 10.4. The molecule has 0 radical (unpaired) electrons. The number of methoxy groups -OCH3 is 2. The van der Waals surface area contributed by atoms with E-state index in [0.29, 0.717) is 17.2 Å². The third kappa shape index (κ3) is 4.67. The Morgan fingerprint density at radius 1 is 0.931 bits per heavy atom. The van der Waals surface area contributed by atoms with Gasteiger partial charge in [0, 0.05) is 6.07 Å². The zero-order valence-corrected chi connectivity index (χ0v) is 17.1. The number of hydrogen-bond acceptors (Lipinski definition) is 5. The van der Waals surface area contributed by atoms with Crippen molar-refractivity contribution in [1.82, 2.24) is 4.72 Å². The zero-order valence-electron chi connectivity index (χ0n) is 16.3. The number of sulfonamides is 1. The van der Waals surface area contributed by atoms with Crippen LogP contribution in [0.15, 0.2) is 65.6 Å². The maximum atomic E-state index is 12.7. The van der Waals surface area contributed by atoms with Crippen molar-refractivity contribution in [2.75, 3.05) is 19.5 Å². The van der Waals surface area contributed by atoms with Gasteiger partial charge in [-0.1, -0.05) is 30.3 Å². The minimum Gasteiger partial charge on any atom is -0.497 e. The van der Waals surface area contributed by atoms with E-state index in [0.717, 1.165) is 10.8 Å². The third-order valence-corrected chi connectivity index (χ3v) is 5.96. The first-order valence-electron chi connectivity index (χ1n) is 8.88. The van der Waals surface area contributed by atoms with Gasteiger partial charge in [-0.3, -0.25) is 4.79 Å². The third-order valence-electron chi connectivity index (χ3n) is 4.42. The van der Waals surface area contributed by atoms with E-state index >= 15 is 0 Å². The van der Waals surface area contributed by atoms with Gasteiger partial charge in [0.1, 0.15) is 11.5 Å². The van der Waals surface area contributed by atoms with Crippen LogP contribution in [0.4, 0.5) is 5.69 Å². The number of fused-ring (bicyclic) bond motifs is 1. The molecule has 29 heavy (non-hydrogen) atoms. The van der Waals surface area contributed by atoms with Gasteiger partial charge in [-0.25, -0.2) is 8.42 Å². The van der Waals surface area contributed by atoms with Gasteiger partial charge in [-0.15, -0.1) is 0 Å². The molecule has 152 valence electrons. The summed E-state index contributed by atoms with van der Waals surface area (Å²) in [6.45, 7) is 1.48. The molecular weight excluding hydrogens is 392 g/mol. The molecule has 0 unspecified atom stereocenters. The van der Waals surface area contributed by atoms with Crippen LogP contribution in [0.2, 0.25) is 0 Å². The largest absolute Gasteiger partial charge is 0.497 e. The van der Waals surface area contributed by atoms with Gasteiger partial charge in [-0.05, 0) is 42.0 Å². The Kier molecular flexibility index (Phi) is 6.05. The maximum Gasteiger partial charge on any atom is 0.242 e. The van der Waals surface area contributed by atoms with E-state index in [-0.39, 0.29) is 4.90 Å². The second-order valence-electron chi connectivity index (χ2n) is 6.41. The van der Waals surface area contributed by atoms with Crippen LogP contribution < -0.4 is 19.5 Å². The number of benzene rings is 3. The second-order valence-corrected chi connectivity index (χ2v) is 8.12. The van der Waals surface area contributed by atoms with E-state index in [1.807, 2.05) is 24.3 Å². The average molecular weight is 414 g/mol. The lowest BCUT2D eigenvalue weighted by Gasteiger charge is -2.16. The molecule has 3 aromatic rings. The lowest BCUT2D eigenvalue weighted by atomic mass is 10.1. The number of nitrogens with one attached hydrogen (secondary N) is 2. The van der Waals surface area contributed by atoms with Crippen LogP contribution in [0, 0.1) is 0 Å². The summed E-state index contributed by atoms with van der Waals surface area (Å²) < 4.78 is 38.2. The van der Waals surface area contributed by atoms with E-state index in [4.69, 9.17) is 9.47 Å². The van der Waals surface area contributed by atoms with E-state index in [1.165, 1.54) is 27.2 Å². The van der Waals surface area contributed by atoms with Gasteiger partial charge in [0.05, 0.1) is 30.8 Å². The molecule has 0 heterocycles. The molecule has 1 amide bonds. The number of carbonyl (C=O) groups excluding carboxylic acids is 1. The topological polar surface area (TPSA) is 93.7 Å². The molecule has 3 aromatic carbocycles. The lowest BCUT2D eigenvalue weighted by molar-refractivity contribution is -0.117. The molecule has 7 nitrogen and oxygen atoms in total. The molecule has 1 atom stereocenters. The number of ether oxygens (including phenoxy) is 2. The molecule has 0 aliphatic carbocycles. The summed E-state index contributed by atoms with van der Waals surface area (Å²) >= 11 is 0. The van der Waals surface area contributed by atoms with E-state index < -0.39 is 22.0 Å². The molecule has 0 aromatic heterocycles. The maximum absolute atomic E-state index is 12.7. The minimum absolute atomic E-state index is 0.0953. The van der Waals surface area contributed by atoms with Crippen LogP contribution in [0.1, 0.15) is 6.92 Å². The highest BCUT2D eigenvalue weighted by Crippen LogP contribution is 2.29. The van der Waals surface area contributed by atoms with E-state index in [2.05, 4.69) is 10.0 Å². The highest BCUT2D eigenvalue weighted by Gasteiger charge is 2.23. The van der Waals surface area contributed by atoms with Gasteiger partial charge < -0.3 is 14.8 Å². The van der Waals surface area contributed by atoms with Crippen molar-refractivity contribution in [3.8, 4) is 11.5 Å². The van der Waals surface area contributed by atoms with Crippen LogP contribution >= 0.6 is 0 Å². The zero-order chi connectivity index (χ0) is 21.0. The highest BCUT2D eigenvalue weighted by atomic mass is 32.2. The van der Waals surface area contributed by atoms with Gasteiger partial charge in [0.2, 0.25) is 15.9 Å². The Morgan fingerprint density at radius 3 is 2.34 bits per heavy atom. The molecular formula is C21H22N2O5S. The fourth-order valence-electron chi connectivity index (χ4n) is 2.83. The molecule has 8 heteroatoms. The fraction of sp³-hybridized carbons (Fsp3) is 0.190. The number of rotatable bonds is 7. The molecule has 0 fully saturated rings. The van der Waals surface area contributed by atoms with Crippen LogP contribution in [-0.4, -0.2) is 34.6 Å². The Labute approximate surface area is 169 Å². The van der Waals surface area contributed by atoms with E-state index in [9.17, 15) is 13.2 Å². The summed E-state index contributed by atoms with van der Waals surface area (Å²) in [5.41, 5.74) is 0.412. The predicted molar refractivity (Wildman–Crippen MR) is 112 cm³/mol. The quantitative estimate of drug-likeness (QED) is 0.619. The van der Waals surface area contributed by atoms with Crippen molar-refractivity contribution in [2.45, 2.75) is 17.9 Å². The summed E-state index contributed by atoms with van der Waals surface area (Å²) in [7, 11) is -0.884. The first-order chi connectivity index (χ1) is 13.8. The number of amides is 1. The number of anilines is 1. The monoisotopic (exact) mass is 414 g/mol. The lowest BCUT2D eigenvalue weighted by Crippen LogP contribution is -2.41. The Hall–Kier alpha value is -3.10. The van der Waals surface area contributed by atoms with Gasteiger partial charge in [-0.2, -0.15) is 4.72 Å². The summed E-state index contributed by atoms with van der Waals surface area (Å²) in [5, 5.41) is 4.41. The van der Waals surface area contributed by atoms with Gasteiger partial charge >= 0.3 is 0 Å². The average Bonchev–Trinajstić information content (AvgIpc) is 2.73. The molecule has 0 spiro atoms. The summed E-state index contributed by atoms with van der Waals surface area (Å²) in [6, 6.07) is 16.2. The van der Waals surface area contributed by atoms with Crippen molar-refractivity contribution in [3.05, 3.63) is 60.7 Å². The second kappa shape index (κ2) is 8.50. The molecule has 0 saturated carbocycles. The number of carbonyl (C=O) groups is 1. The number of hydrogen-bond donors (Lipinski definition) is 2. The summed E-state index contributed by atoms with van der Waals surface area (Å²) in [5.74, 6) is 0.463. The Morgan fingerprint density at radius 2 is 1.66 bits per heavy atom. The minimum atomic E-state index is -3.88. The van der Waals surface area contributed by atoms with Crippen molar-refractivity contribution in [2.24, 2.45) is 0 Å². The fourth-order valence-corrected chi connectivity index (χ4v) is 4.07. The van der Waals surface area contributed by atoms with Gasteiger partial charge in [0.25, 0.3) is 0 Å². The molecule has 0 aliphatic rings. The van der Waals surface area contributed by atoms with Crippen molar-refractivity contribution in [3.63, 3.8) is 0 Å². The SMILES string of the molecule is COc1ccc(NC(=O)[C@H](C)NS(=O)(=O)c2ccc3ccccc3c2)c(OC)c1. The first kappa shape index (κ1) is 20.6. The smallest absolute Gasteiger partial charge is 0.242 e. The molecule has 3 rings (SSSR count). The Balaban J connectivity index is 1.76. The predicted octanol–water partition coefficient (Wildman–Crippen LogP) is 3.16. The molecule has 2 N–H and O–H groups in total. The highest BCUT2D eigenvalue weighted by molar-refractivity contribution is 7.89. The van der Waals surface area contributed by atoms with Crippen molar-refractivity contribution in [1.29, 1.82) is 0 Å². The van der Waals surface area contributed by atoms with Crippen molar-refractivity contribution >= 4 is 32.4 Å². The van der Waals surface area contributed by atoms with Crippen LogP contribution in [0.25, 0.3) is 10.8 Å². The molecule has 0 saturated heterocycles. The van der Waals surface area contributed by atoms with Crippen LogP contribution in [0.3, 0.4) is 0 Å². The van der Waals surface area contributed by atoms with E-state index in [1.54, 1.807) is 30.3 Å². The Bertz CT molecular complexity index is 1140. The van der Waals surface area contributed by atoms with Crippen LogP contribution in [0.5, 0.6) is 11.5 Å². The summed E-state index contributed by atoms with van der Waals surface area (Å²) in [6.07, 6.45) is 0. The molecule has 0 bridgehead atoms. The van der Waals surface area contributed by atoms with Gasteiger partial charge in [0.15, 0.2) is 0 Å².